The highest BCUT2D eigenvalue weighted by molar-refractivity contribution is 7.99. The van der Waals surface area contributed by atoms with Crippen LogP contribution in [0.25, 0.3) is 0 Å². The molecule has 3 heteroatoms. The van der Waals surface area contributed by atoms with Gasteiger partial charge in [-0.3, -0.25) is 0 Å². The highest BCUT2D eigenvalue weighted by Gasteiger charge is 2.33. The minimum atomic E-state index is 0.804. The SMILES string of the molecule is C1CCC(C2CCCCC2NC2CCSC2)NC1. The lowest BCUT2D eigenvalue weighted by molar-refractivity contribution is 0.174. The fraction of sp³-hybridized carbons (Fsp3) is 1.00. The predicted molar refractivity (Wildman–Crippen MR) is 80.3 cm³/mol. The van der Waals surface area contributed by atoms with Gasteiger partial charge in [0.25, 0.3) is 0 Å². The number of rotatable bonds is 3. The van der Waals surface area contributed by atoms with Crippen LogP contribution in [0.1, 0.15) is 51.4 Å². The summed E-state index contributed by atoms with van der Waals surface area (Å²) in [7, 11) is 0. The highest BCUT2D eigenvalue weighted by atomic mass is 32.2. The van der Waals surface area contributed by atoms with Crippen LogP contribution in [0.15, 0.2) is 0 Å². The molecule has 3 rings (SSSR count). The van der Waals surface area contributed by atoms with Crippen LogP contribution in [0.3, 0.4) is 0 Å². The summed E-state index contributed by atoms with van der Waals surface area (Å²) >= 11 is 2.13. The van der Waals surface area contributed by atoms with E-state index in [1.165, 1.54) is 69.4 Å². The van der Waals surface area contributed by atoms with Crippen molar-refractivity contribution in [2.75, 3.05) is 18.1 Å². The molecule has 3 fully saturated rings. The van der Waals surface area contributed by atoms with Crippen LogP contribution >= 0.6 is 11.8 Å². The van der Waals surface area contributed by atoms with Crippen LogP contribution in [0, 0.1) is 5.92 Å². The molecule has 0 aromatic carbocycles. The maximum absolute atomic E-state index is 4.00. The Morgan fingerprint density at radius 1 is 0.944 bits per heavy atom. The first-order chi connectivity index (χ1) is 8.93. The van der Waals surface area contributed by atoms with Crippen LogP contribution in [-0.4, -0.2) is 36.2 Å². The number of hydrogen-bond acceptors (Lipinski definition) is 3. The van der Waals surface area contributed by atoms with Gasteiger partial charge in [0.05, 0.1) is 0 Å². The second-order valence-electron chi connectivity index (χ2n) is 6.34. The molecule has 0 spiro atoms. The van der Waals surface area contributed by atoms with Crippen molar-refractivity contribution in [3.63, 3.8) is 0 Å². The summed E-state index contributed by atoms with van der Waals surface area (Å²) in [6.45, 7) is 1.26. The van der Waals surface area contributed by atoms with Crippen molar-refractivity contribution in [3.05, 3.63) is 0 Å². The minimum absolute atomic E-state index is 0.804. The molecular weight excluding hydrogens is 240 g/mol. The van der Waals surface area contributed by atoms with Gasteiger partial charge in [0, 0.05) is 23.9 Å². The van der Waals surface area contributed by atoms with Gasteiger partial charge in [-0.05, 0) is 50.3 Å². The Balaban J connectivity index is 1.57. The van der Waals surface area contributed by atoms with Gasteiger partial charge >= 0.3 is 0 Å². The molecule has 3 aliphatic rings. The van der Waals surface area contributed by atoms with Gasteiger partial charge in [0.1, 0.15) is 0 Å². The summed E-state index contributed by atoms with van der Waals surface area (Å²) in [5, 5.41) is 7.80. The van der Waals surface area contributed by atoms with E-state index in [0.717, 1.165) is 24.0 Å². The summed E-state index contributed by atoms with van der Waals surface area (Å²) in [6, 6.07) is 2.42. The predicted octanol–water partition coefficient (Wildman–Crippen LogP) is 2.78. The summed E-state index contributed by atoms with van der Waals surface area (Å²) in [6.07, 6.45) is 11.4. The Bertz CT molecular complexity index is 247. The lowest BCUT2D eigenvalue weighted by atomic mass is 9.77. The van der Waals surface area contributed by atoms with Crippen molar-refractivity contribution in [2.45, 2.75) is 69.5 Å². The first-order valence-electron chi connectivity index (χ1n) is 8.00. The van der Waals surface area contributed by atoms with Crippen molar-refractivity contribution < 1.29 is 0 Å². The molecule has 0 amide bonds. The molecule has 4 atom stereocenters. The molecule has 0 radical (unpaired) electrons. The standard InChI is InChI=1S/C15H28N2S/c1-2-7-15(17-12-8-10-18-11-12)13(5-1)14-6-3-4-9-16-14/h12-17H,1-11H2. The van der Waals surface area contributed by atoms with Crippen molar-refractivity contribution in [2.24, 2.45) is 5.92 Å². The average molecular weight is 268 g/mol. The molecular formula is C15H28N2S. The molecule has 0 bridgehead atoms. The highest BCUT2D eigenvalue weighted by Crippen LogP contribution is 2.31. The average Bonchev–Trinajstić information content (AvgIpc) is 2.93. The Kier molecular flexibility index (Phi) is 4.88. The first-order valence-corrected chi connectivity index (χ1v) is 9.16. The van der Waals surface area contributed by atoms with Gasteiger partial charge in [-0.15, -0.1) is 0 Å². The van der Waals surface area contributed by atoms with E-state index in [1.807, 2.05) is 0 Å². The van der Waals surface area contributed by atoms with Crippen molar-refractivity contribution in [1.82, 2.24) is 10.6 Å². The molecule has 2 heterocycles. The fourth-order valence-corrected chi connectivity index (χ4v) is 5.23. The molecule has 1 aliphatic carbocycles. The third-order valence-electron chi connectivity index (χ3n) is 5.06. The van der Waals surface area contributed by atoms with Crippen LogP contribution in [0.4, 0.5) is 0 Å². The van der Waals surface area contributed by atoms with Crippen molar-refractivity contribution in [3.8, 4) is 0 Å². The van der Waals surface area contributed by atoms with E-state index < -0.39 is 0 Å². The van der Waals surface area contributed by atoms with Crippen LogP contribution in [-0.2, 0) is 0 Å². The smallest absolute Gasteiger partial charge is 0.0168 e. The third-order valence-corrected chi connectivity index (χ3v) is 6.23. The second-order valence-corrected chi connectivity index (χ2v) is 7.49. The Morgan fingerprint density at radius 3 is 2.61 bits per heavy atom. The van der Waals surface area contributed by atoms with Gasteiger partial charge in [-0.2, -0.15) is 11.8 Å². The Hall–Kier alpha value is 0.270. The molecule has 2 aliphatic heterocycles. The lowest BCUT2D eigenvalue weighted by Gasteiger charge is -2.41. The lowest BCUT2D eigenvalue weighted by Crippen LogP contribution is -2.52. The van der Waals surface area contributed by atoms with E-state index in [2.05, 4.69) is 22.4 Å². The van der Waals surface area contributed by atoms with E-state index >= 15 is 0 Å². The third kappa shape index (κ3) is 3.23. The number of nitrogens with one attached hydrogen (secondary N) is 2. The molecule has 104 valence electrons. The number of hydrogen-bond donors (Lipinski definition) is 2. The minimum Gasteiger partial charge on any atom is -0.314 e. The maximum Gasteiger partial charge on any atom is 0.0168 e. The van der Waals surface area contributed by atoms with E-state index in [4.69, 9.17) is 0 Å². The zero-order valence-electron chi connectivity index (χ0n) is 11.5. The molecule has 18 heavy (non-hydrogen) atoms. The molecule has 0 aromatic rings. The summed E-state index contributed by atoms with van der Waals surface area (Å²) in [5.74, 6) is 3.63. The zero-order valence-corrected chi connectivity index (χ0v) is 12.3. The fourth-order valence-electron chi connectivity index (χ4n) is 4.06. The van der Waals surface area contributed by atoms with Gasteiger partial charge < -0.3 is 10.6 Å². The quantitative estimate of drug-likeness (QED) is 0.823. The normalized spacial score (nSPS) is 42.0. The molecule has 2 nitrogen and oxygen atoms in total. The van der Waals surface area contributed by atoms with Crippen molar-refractivity contribution in [1.29, 1.82) is 0 Å². The van der Waals surface area contributed by atoms with Gasteiger partial charge in [-0.25, -0.2) is 0 Å². The molecule has 0 aromatic heterocycles. The number of thioether (sulfide) groups is 1. The molecule has 2 saturated heterocycles. The largest absolute Gasteiger partial charge is 0.314 e. The van der Waals surface area contributed by atoms with Crippen LogP contribution in [0.2, 0.25) is 0 Å². The topological polar surface area (TPSA) is 24.1 Å². The summed E-state index contributed by atoms with van der Waals surface area (Å²) in [5.41, 5.74) is 0. The second kappa shape index (κ2) is 6.62. The zero-order chi connectivity index (χ0) is 12.2. The van der Waals surface area contributed by atoms with E-state index in [9.17, 15) is 0 Å². The molecule has 4 unspecified atom stereocenters. The van der Waals surface area contributed by atoms with Crippen molar-refractivity contribution >= 4 is 11.8 Å². The van der Waals surface area contributed by atoms with Gasteiger partial charge in [0.15, 0.2) is 0 Å². The summed E-state index contributed by atoms with van der Waals surface area (Å²) < 4.78 is 0. The summed E-state index contributed by atoms with van der Waals surface area (Å²) in [4.78, 5) is 0. The van der Waals surface area contributed by atoms with E-state index in [0.29, 0.717) is 0 Å². The molecule has 1 saturated carbocycles. The van der Waals surface area contributed by atoms with Gasteiger partial charge in [-0.1, -0.05) is 19.3 Å². The Morgan fingerprint density at radius 2 is 1.83 bits per heavy atom. The molecule has 2 N–H and O–H groups in total. The first kappa shape index (κ1) is 13.3. The monoisotopic (exact) mass is 268 g/mol. The van der Waals surface area contributed by atoms with Gasteiger partial charge in [0.2, 0.25) is 0 Å². The van der Waals surface area contributed by atoms with E-state index in [1.54, 1.807) is 0 Å². The number of piperidine rings is 1. The van der Waals surface area contributed by atoms with Crippen LogP contribution < -0.4 is 10.6 Å². The maximum atomic E-state index is 4.00. The van der Waals surface area contributed by atoms with E-state index in [-0.39, 0.29) is 0 Å². The Labute approximate surface area is 116 Å². The van der Waals surface area contributed by atoms with Crippen LogP contribution in [0.5, 0.6) is 0 Å².